The quantitative estimate of drug-likeness (QED) is 0.486. The molecular formula is C18H19ClN6O. The maximum Gasteiger partial charge on any atom is 0.256 e. The van der Waals surface area contributed by atoms with E-state index in [2.05, 4.69) is 15.6 Å². The number of carbonyl (C=O) groups excluding carboxylic acids is 1. The Kier molecular flexibility index (Phi) is 5.11. The number of aromatic nitrogens is 1. The lowest BCUT2D eigenvalue weighted by Gasteiger charge is -2.27. The van der Waals surface area contributed by atoms with E-state index in [0.717, 1.165) is 5.57 Å². The number of benzene rings is 1. The number of nitrogens with one attached hydrogen (secondary N) is 2. The fourth-order valence-corrected chi connectivity index (χ4v) is 2.66. The van der Waals surface area contributed by atoms with Crippen molar-refractivity contribution in [2.75, 3.05) is 16.9 Å². The number of hydrazine groups is 1. The summed E-state index contributed by atoms with van der Waals surface area (Å²) in [5, 5.41) is 7.68. The van der Waals surface area contributed by atoms with Crippen molar-refractivity contribution in [3.05, 3.63) is 76.3 Å². The number of nitrogens with two attached hydrogens (primary N) is 2. The third-order valence-electron chi connectivity index (χ3n) is 3.85. The number of hydrogen-bond donors (Lipinski definition) is 4. The van der Waals surface area contributed by atoms with Crippen LogP contribution in [-0.4, -0.2) is 17.4 Å². The molecule has 1 aliphatic rings. The maximum atomic E-state index is 12.3. The minimum Gasteiger partial charge on any atom is -0.396 e. The number of amides is 1. The number of carbonyl (C=O) groups is 1. The summed E-state index contributed by atoms with van der Waals surface area (Å²) in [7, 11) is 0. The first-order valence-corrected chi connectivity index (χ1v) is 8.31. The molecule has 0 radical (unpaired) electrons. The predicted octanol–water partition coefficient (Wildman–Crippen LogP) is 2.34. The highest BCUT2D eigenvalue weighted by Gasteiger charge is 2.16. The molecule has 0 atom stereocenters. The molecule has 26 heavy (non-hydrogen) atoms. The van der Waals surface area contributed by atoms with Crippen molar-refractivity contribution >= 4 is 29.0 Å². The van der Waals surface area contributed by atoms with Gasteiger partial charge in [-0.05, 0) is 49.4 Å². The lowest BCUT2D eigenvalue weighted by Crippen LogP contribution is -2.41. The molecule has 2 heterocycles. The van der Waals surface area contributed by atoms with E-state index in [4.69, 9.17) is 23.2 Å². The monoisotopic (exact) mass is 370 g/mol. The molecule has 1 amide bonds. The topological polar surface area (TPSA) is 109 Å². The average molecular weight is 371 g/mol. The lowest BCUT2D eigenvalue weighted by molar-refractivity contribution is 0.102. The first kappa shape index (κ1) is 17.8. The van der Waals surface area contributed by atoms with Crippen molar-refractivity contribution in [2.24, 2.45) is 11.6 Å². The summed E-state index contributed by atoms with van der Waals surface area (Å²) in [5.74, 6) is 6.77. The number of dihydropyridines is 1. The average Bonchev–Trinajstić information content (AvgIpc) is 2.63. The normalized spacial score (nSPS) is 13.7. The van der Waals surface area contributed by atoms with Crippen LogP contribution in [0.1, 0.15) is 17.3 Å². The Hall–Kier alpha value is -3.03. The summed E-state index contributed by atoms with van der Waals surface area (Å²) < 4.78 is 0. The second-order valence-electron chi connectivity index (χ2n) is 5.85. The van der Waals surface area contributed by atoms with Gasteiger partial charge in [0.2, 0.25) is 0 Å². The summed E-state index contributed by atoms with van der Waals surface area (Å²) in [5.41, 5.74) is 8.85. The highest BCUT2D eigenvalue weighted by Crippen LogP contribution is 2.21. The minimum absolute atomic E-state index is 0.311. The van der Waals surface area contributed by atoms with Gasteiger partial charge in [0, 0.05) is 18.3 Å². The molecule has 0 saturated heterocycles. The van der Waals surface area contributed by atoms with E-state index < -0.39 is 0 Å². The van der Waals surface area contributed by atoms with Crippen molar-refractivity contribution in [1.82, 2.24) is 10.3 Å². The number of halogens is 1. The zero-order valence-corrected chi connectivity index (χ0v) is 14.9. The Morgan fingerprint density at radius 1 is 1.31 bits per heavy atom. The van der Waals surface area contributed by atoms with Crippen molar-refractivity contribution in [1.29, 1.82) is 0 Å². The van der Waals surface area contributed by atoms with Crippen LogP contribution >= 0.6 is 11.6 Å². The number of pyridine rings is 1. The van der Waals surface area contributed by atoms with E-state index in [1.165, 1.54) is 5.01 Å². The first-order chi connectivity index (χ1) is 12.5. The van der Waals surface area contributed by atoms with Gasteiger partial charge in [-0.2, -0.15) is 0 Å². The Labute approximate surface area is 156 Å². The Balaban J connectivity index is 1.75. The van der Waals surface area contributed by atoms with E-state index in [1.807, 2.05) is 13.0 Å². The highest BCUT2D eigenvalue weighted by molar-refractivity contribution is 6.33. The maximum absolute atomic E-state index is 12.3. The van der Waals surface area contributed by atoms with Crippen LogP contribution in [0.15, 0.2) is 65.8 Å². The second-order valence-corrected chi connectivity index (χ2v) is 6.26. The number of allylic oxidation sites excluding steroid dienone is 1. The molecule has 1 aromatic heterocycles. The molecule has 0 saturated carbocycles. The zero-order valence-electron chi connectivity index (χ0n) is 14.2. The van der Waals surface area contributed by atoms with Crippen LogP contribution in [0.25, 0.3) is 0 Å². The van der Waals surface area contributed by atoms with Crippen molar-refractivity contribution in [2.45, 2.75) is 6.92 Å². The number of rotatable bonds is 4. The summed E-state index contributed by atoms with van der Waals surface area (Å²) in [6, 6.07) is 10.2. The standard InChI is InChI=1S/C18H19ClN6O/c1-11-9-15(20)17(23-10-11)25(21)13-6-4-12(5-7-13)18(26)24-16-14(19)3-2-8-22-16/h2-9,23H,10,20-21H2,1H3,(H,22,24,26). The van der Waals surface area contributed by atoms with Crippen LogP contribution in [0.2, 0.25) is 5.02 Å². The van der Waals surface area contributed by atoms with Crippen LogP contribution in [0.5, 0.6) is 0 Å². The first-order valence-electron chi connectivity index (χ1n) is 7.93. The van der Waals surface area contributed by atoms with Gasteiger partial charge in [-0.1, -0.05) is 17.2 Å². The fraction of sp³-hybridized carbons (Fsp3) is 0.111. The van der Waals surface area contributed by atoms with Crippen LogP contribution < -0.4 is 27.2 Å². The van der Waals surface area contributed by atoms with Gasteiger partial charge in [-0.3, -0.25) is 9.80 Å². The molecule has 0 fully saturated rings. The molecule has 1 aliphatic heterocycles. The minimum atomic E-state index is -0.311. The third-order valence-corrected chi connectivity index (χ3v) is 4.15. The number of anilines is 2. The number of hydrogen-bond acceptors (Lipinski definition) is 6. The Morgan fingerprint density at radius 2 is 2.04 bits per heavy atom. The molecular weight excluding hydrogens is 352 g/mol. The number of nitrogens with zero attached hydrogens (tertiary/aromatic N) is 2. The van der Waals surface area contributed by atoms with E-state index in [0.29, 0.717) is 40.2 Å². The van der Waals surface area contributed by atoms with Gasteiger partial charge in [-0.25, -0.2) is 10.8 Å². The van der Waals surface area contributed by atoms with Crippen molar-refractivity contribution in [3.8, 4) is 0 Å². The smallest absolute Gasteiger partial charge is 0.256 e. The van der Waals surface area contributed by atoms with Crippen LogP contribution in [0, 0.1) is 0 Å². The van der Waals surface area contributed by atoms with E-state index in [1.54, 1.807) is 42.6 Å². The summed E-state index contributed by atoms with van der Waals surface area (Å²) in [4.78, 5) is 16.4. The molecule has 0 aliphatic carbocycles. The molecule has 0 spiro atoms. The van der Waals surface area contributed by atoms with Crippen molar-refractivity contribution < 1.29 is 4.79 Å². The van der Waals surface area contributed by atoms with Crippen LogP contribution in [0.4, 0.5) is 11.5 Å². The molecule has 134 valence electrons. The SMILES string of the molecule is CC1=CC(N)=C(N(N)c2ccc(C(=O)Nc3ncccc3Cl)cc2)NC1. The fourth-order valence-electron chi connectivity index (χ4n) is 2.49. The van der Waals surface area contributed by atoms with Gasteiger partial charge in [0.1, 0.15) is 5.82 Å². The van der Waals surface area contributed by atoms with E-state index >= 15 is 0 Å². The molecule has 3 rings (SSSR count). The molecule has 2 aromatic rings. The predicted molar refractivity (Wildman–Crippen MR) is 103 cm³/mol. The highest BCUT2D eigenvalue weighted by atomic mass is 35.5. The molecule has 7 nitrogen and oxygen atoms in total. The van der Waals surface area contributed by atoms with Gasteiger partial charge < -0.3 is 16.4 Å². The van der Waals surface area contributed by atoms with Crippen LogP contribution in [0.3, 0.4) is 0 Å². The molecule has 6 N–H and O–H groups in total. The van der Waals surface area contributed by atoms with Gasteiger partial charge in [0.15, 0.2) is 5.82 Å². The van der Waals surface area contributed by atoms with Gasteiger partial charge >= 0.3 is 0 Å². The van der Waals surface area contributed by atoms with E-state index in [-0.39, 0.29) is 5.91 Å². The zero-order chi connectivity index (χ0) is 18.7. The lowest BCUT2D eigenvalue weighted by atomic mass is 10.1. The largest absolute Gasteiger partial charge is 0.396 e. The molecule has 1 aromatic carbocycles. The molecule has 8 heteroatoms. The van der Waals surface area contributed by atoms with E-state index in [9.17, 15) is 4.79 Å². The summed E-state index contributed by atoms with van der Waals surface area (Å²) >= 11 is 6.00. The molecule has 0 unspecified atom stereocenters. The van der Waals surface area contributed by atoms with Gasteiger partial charge in [0.05, 0.1) is 16.4 Å². The summed E-state index contributed by atoms with van der Waals surface area (Å²) in [6.07, 6.45) is 3.44. The third kappa shape index (κ3) is 3.79. The molecule has 0 bridgehead atoms. The van der Waals surface area contributed by atoms with Crippen LogP contribution in [-0.2, 0) is 0 Å². The van der Waals surface area contributed by atoms with Gasteiger partial charge in [0.25, 0.3) is 5.91 Å². The second kappa shape index (κ2) is 7.47. The Morgan fingerprint density at radius 3 is 2.69 bits per heavy atom. The van der Waals surface area contributed by atoms with Gasteiger partial charge in [-0.15, -0.1) is 0 Å². The van der Waals surface area contributed by atoms with Crippen molar-refractivity contribution in [3.63, 3.8) is 0 Å². The Bertz CT molecular complexity index is 891. The summed E-state index contributed by atoms with van der Waals surface area (Å²) in [6.45, 7) is 2.66.